The van der Waals surface area contributed by atoms with E-state index in [-0.39, 0.29) is 0 Å². The van der Waals surface area contributed by atoms with Crippen molar-refractivity contribution >= 4 is 10.9 Å². The topological polar surface area (TPSA) is 31.4 Å². The minimum atomic E-state index is 0.297. The highest BCUT2D eigenvalue weighted by molar-refractivity contribution is 5.85. The maximum Gasteiger partial charge on any atom is 0.231 e. The van der Waals surface area contributed by atoms with Gasteiger partial charge in [0.1, 0.15) is 0 Å². The van der Waals surface area contributed by atoms with Crippen LogP contribution in [0.4, 0.5) is 0 Å². The van der Waals surface area contributed by atoms with E-state index in [0.29, 0.717) is 6.79 Å². The van der Waals surface area contributed by atoms with Crippen LogP contribution in [0.3, 0.4) is 0 Å². The van der Waals surface area contributed by atoms with Crippen LogP contribution in [-0.4, -0.2) is 11.8 Å². The quantitative estimate of drug-likeness (QED) is 0.681. The van der Waals surface area contributed by atoms with Crippen LogP contribution in [0.25, 0.3) is 22.2 Å². The third-order valence-corrected chi connectivity index (χ3v) is 4.27. The highest BCUT2D eigenvalue weighted by Gasteiger charge is 2.15. The Hall–Kier alpha value is -2.55. The van der Waals surface area contributed by atoms with Crippen molar-refractivity contribution in [2.24, 2.45) is 0 Å². The number of nitrogens with zero attached hydrogens (tertiary/aromatic N) is 1. The summed E-state index contributed by atoms with van der Waals surface area (Å²) >= 11 is 0. The number of fused-ring (bicyclic) bond motifs is 2. The van der Waals surface area contributed by atoms with Crippen molar-refractivity contribution in [3.8, 4) is 22.8 Å². The molecule has 0 radical (unpaired) electrons. The Kier molecular flexibility index (Phi) is 3.62. The Balaban J connectivity index is 1.83. The molecule has 1 aliphatic heterocycles. The van der Waals surface area contributed by atoms with Crippen molar-refractivity contribution in [1.29, 1.82) is 0 Å². The van der Waals surface area contributed by atoms with Crippen LogP contribution in [-0.2, 0) is 6.42 Å². The zero-order valence-electron chi connectivity index (χ0n) is 13.2. The normalized spacial score (nSPS) is 12.7. The average molecular weight is 305 g/mol. The first-order valence-corrected chi connectivity index (χ1v) is 8.14. The van der Waals surface area contributed by atoms with Gasteiger partial charge in [0.05, 0.1) is 11.2 Å². The van der Waals surface area contributed by atoms with Gasteiger partial charge in [-0.2, -0.15) is 0 Å². The first-order chi connectivity index (χ1) is 11.3. The van der Waals surface area contributed by atoms with Gasteiger partial charge in [0.2, 0.25) is 6.79 Å². The molecule has 3 aromatic rings. The summed E-state index contributed by atoms with van der Waals surface area (Å²) in [5, 5.41) is 1.26. The molecule has 0 N–H and O–H groups in total. The summed E-state index contributed by atoms with van der Waals surface area (Å²) in [4.78, 5) is 4.84. The smallest absolute Gasteiger partial charge is 0.231 e. The van der Waals surface area contributed by atoms with Crippen LogP contribution in [0.5, 0.6) is 11.5 Å². The third-order valence-electron chi connectivity index (χ3n) is 4.27. The Labute approximate surface area is 135 Å². The van der Waals surface area contributed by atoms with Crippen LogP contribution >= 0.6 is 0 Å². The minimum absolute atomic E-state index is 0.297. The molecule has 0 saturated carbocycles. The molecule has 3 heteroatoms. The number of hydrogen-bond donors (Lipinski definition) is 0. The predicted octanol–water partition coefficient (Wildman–Crippen LogP) is 4.97. The van der Waals surface area contributed by atoms with E-state index in [2.05, 4.69) is 31.2 Å². The lowest BCUT2D eigenvalue weighted by molar-refractivity contribution is 0.174. The standard InChI is InChI=1S/C20H19NO2/c1-2-3-6-14-11-18(21-17-8-5-4-7-16(14)17)15-9-10-19-20(12-15)23-13-22-19/h4-5,7-12H,2-3,6,13H2,1H3. The zero-order valence-corrected chi connectivity index (χ0v) is 13.2. The molecule has 2 aromatic carbocycles. The fourth-order valence-electron chi connectivity index (χ4n) is 3.03. The molecule has 1 aliphatic rings. The second kappa shape index (κ2) is 5.92. The molecule has 0 saturated heterocycles. The van der Waals surface area contributed by atoms with Crippen molar-refractivity contribution in [1.82, 2.24) is 4.98 Å². The summed E-state index contributed by atoms with van der Waals surface area (Å²) in [7, 11) is 0. The van der Waals surface area contributed by atoms with Crippen molar-refractivity contribution in [2.45, 2.75) is 26.2 Å². The summed E-state index contributed by atoms with van der Waals surface area (Å²) in [6, 6.07) is 16.6. The van der Waals surface area contributed by atoms with Crippen LogP contribution in [0.1, 0.15) is 25.3 Å². The Morgan fingerprint density at radius 3 is 2.78 bits per heavy atom. The van der Waals surface area contributed by atoms with Gasteiger partial charge in [-0.25, -0.2) is 4.98 Å². The largest absolute Gasteiger partial charge is 0.454 e. The number of aromatic nitrogens is 1. The molecule has 116 valence electrons. The highest BCUT2D eigenvalue weighted by Crippen LogP contribution is 2.36. The minimum Gasteiger partial charge on any atom is -0.454 e. The lowest BCUT2D eigenvalue weighted by Crippen LogP contribution is -1.93. The molecule has 0 fully saturated rings. The summed E-state index contributed by atoms with van der Waals surface area (Å²) in [5.74, 6) is 1.60. The van der Waals surface area contributed by atoms with Gasteiger partial charge in [0.15, 0.2) is 11.5 Å². The van der Waals surface area contributed by atoms with Crippen molar-refractivity contribution in [3.63, 3.8) is 0 Å². The number of unbranched alkanes of at least 4 members (excludes halogenated alkanes) is 1. The van der Waals surface area contributed by atoms with Gasteiger partial charge in [-0.15, -0.1) is 0 Å². The van der Waals surface area contributed by atoms with E-state index in [4.69, 9.17) is 14.5 Å². The molecule has 4 rings (SSSR count). The van der Waals surface area contributed by atoms with Crippen LogP contribution in [0, 0.1) is 0 Å². The SMILES string of the molecule is CCCCc1cc(-c2ccc3c(c2)OCO3)nc2ccccc12. The zero-order chi connectivity index (χ0) is 15.6. The number of aryl methyl sites for hydroxylation is 1. The van der Waals surface area contributed by atoms with Gasteiger partial charge in [-0.3, -0.25) is 0 Å². The second-order valence-corrected chi connectivity index (χ2v) is 5.86. The van der Waals surface area contributed by atoms with Gasteiger partial charge in [0, 0.05) is 10.9 Å². The molecule has 0 amide bonds. The fourth-order valence-corrected chi connectivity index (χ4v) is 3.03. The third kappa shape index (κ3) is 2.63. The van der Waals surface area contributed by atoms with E-state index in [1.807, 2.05) is 24.3 Å². The summed E-state index contributed by atoms with van der Waals surface area (Å²) < 4.78 is 10.9. The van der Waals surface area contributed by atoms with Crippen LogP contribution < -0.4 is 9.47 Å². The van der Waals surface area contributed by atoms with E-state index in [0.717, 1.165) is 34.7 Å². The van der Waals surface area contributed by atoms with E-state index in [1.54, 1.807) is 0 Å². The summed E-state index contributed by atoms with van der Waals surface area (Å²) in [6.07, 6.45) is 3.46. The number of hydrogen-bond acceptors (Lipinski definition) is 3. The molecule has 0 atom stereocenters. The molecule has 0 bridgehead atoms. The lowest BCUT2D eigenvalue weighted by atomic mass is 10.00. The maximum absolute atomic E-state index is 5.49. The first kappa shape index (κ1) is 14.1. The highest BCUT2D eigenvalue weighted by atomic mass is 16.7. The molecule has 0 unspecified atom stereocenters. The van der Waals surface area contributed by atoms with Crippen molar-refractivity contribution < 1.29 is 9.47 Å². The van der Waals surface area contributed by atoms with Crippen molar-refractivity contribution in [3.05, 3.63) is 54.1 Å². The second-order valence-electron chi connectivity index (χ2n) is 5.86. The maximum atomic E-state index is 5.49. The van der Waals surface area contributed by atoms with Gasteiger partial charge >= 0.3 is 0 Å². The van der Waals surface area contributed by atoms with Gasteiger partial charge < -0.3 is 9.47 Å². The number of benzene rings is 2. The Morgan fingerprint density at radius 2 is 1.87 bits per heavy atom. The van der Waals surface area contributed by atoms with E-state index < -0.39 is 0 Å². The Bertz CT molecular complexity index is 857. The number of ether oxygens (including phenoxy) is 2. The van der Waals surface area contributed by atoms with E-state index in [1.165, 1.54) is 23.8 Å². The predicted molar refractivity (Wildman–Crippen MR) is 91.9 cm³/mol. The van der Waals surface area contributed by atoms with E-state index in [9.17, 15) is 0 Å². The van der Waals surface area contributed by atoms with Crippen molar-refractivity contribution in [2.75, 3.05) is 6.79 Å². The Morgan fingerprint density at radius 1 is 1.00 bits per heavy atom. The molecule has 3 nitrogen and oxygen atoms in total. The molecule has 1 aromatic heterocycles. The van der Waals surface area contributed by atoms with Gasteiger partial charge in [0.25, 0.3) is 0 Å². The monoisotopic (exact) mass is 305 g/mol. The van der Waals surface area contributed by atoms with Gasteiger partial charge in [-0.05, 0) is 48.7 Å². The average Bonchev–Trinajstić information content (AvgIpc) is 3.07. The number of para-hydroxylation sites is 1. The molecule has 0 spiro atoms. The molecule has 0 aliphatic carbocycles. The van der Waals surface area contributed by atoms with Crippen LogP contribution in [0.2, 0.25) is 0 Å². The molecule has 2 heterocycles. The molecule has 23 heavy (non-hydrogen) atoms. The number of pyridine rings is 1. The van der Waals surface area contributed by atoms with E-state index >= 15 is 0 Å². The fraction of sp³-hybridized carbons (Fsp3) is 0.250. The first-order valence-electron chi connectivity index (χ1n) is 8.14. The summed E-state index contributed by atoms with van der Waals surface area (Å²) in [5.41, 5.74) is 4.48. The van der Waals surface area contributed by atoms with Gasteiger partial charge in [-0.1, -0.05) is 31.5 Å². The van der Waals surface area contributed by atoms with Crippen LogP contribution in [0.15, 0.2) is 48.5 Å². The lowest BCUT2D eigenvalue weighted by Gasteiger charge is -2.10. The molecular formula is C20H19NO2. The summed E-state index contributed by atoms with van der Waals surface area (Å²) in [6.45, 7) is 2.52. The molecular weight excluding hydrogens is 286 g/mol. The number of rotatable bonds is 4.